The minimum atomic E-state index is -1.32. The molecule has 0 bridgehead atoms. The van der Waals surface area contributed by atoms with E-state index in [4.69, 9.17) is 4.98 Å². The summed E-state index contributed by atoms with van der Waals surface area (Å²) < 4.78 is 1.13. The third-order valence-corrected chi connectivity index (χ3v) is 7.49. The number of carboxylic acid groups (broad SMARTS) is 1. The number of aromatic carboxylic acids is 1. The summed E-state index contributed by atoms with van der Waals surface area (Å²) in [6, 6.07) is 12.9. The second kappa shape index (κ2) is 11.5. The monoisotopic (exact) mass is 469 g/mol. The number of aromatic nitrogens is 1. The number of rotatable bonds is 3. The van der Waals surface area contributed by atoms with Crippen LogP contribution in [0.2, 0.25) is 0 Å². The quantitative estimate of drug-likeness (QED) is 0.467. The number of aryl methyl sites for hydroxylation is 2. The van der Waals surface area contributed by atoms with Gasteiger partial charge in [-0.05, 0) is 48.1 Å². The molecular formula is C27H28NNaO3S. The van der Waals surface area contributed by atoms with E-state index in [1.165, 1.54) is 50.7 Å². The fraction of sp³-hybridized carbons (Fsp3) is 0.333. The molecule has 1 aliphatic carbocycles. The Morgan fingerprint density at radius 1 is 1.06 bits per heavy atom. The molecule has 0 spiro atoms. The molecule has 1 fully saturated rings. The first kappa shape index (κ1) is 25.7. The summed E-state index contributed by atoms with van der Waals surface area (Å²) in [6.45, 7) is 3.99. The number of carbonyl (C=O) groups excluding carboxylic acids is 1. The molecule has 0 aliphatic heterocycles. The smallest absolute Gasteiger partial charge is 0.545 e. The minimum Gasteiger partial charge on any atom is -0.545 e. The number of phenols is 1. The normalized spacial score (nSPS) is 13.3. The van der Waals surface area contributed by atoms with Crippen LogP contribution in [0.25, 0.3) is 31.6 Å². The van der Waals surface area contributed by atoms with Crippen molar-refractivity contribution in [3.8, 4) is 16.3 Å². The van der Waals surface area contributed by atoms with Crippen molar-refractivity contribution in [2.45, 2.75) is 58.8 Å². The first-order valence-corrected chi connectivity index (χ1v) is 12.2. The van der Waals surface area contributed by atoms with Gasteiger partial charge < -0.3 is 15.0 Å². The molecule has 1 aliphatic rings. The summed E-state index contributed by atoms with van der Waals surface area (Å²) in [5.74, 6) is -1.41. The molecule has 0 atom stereocenters. The number of hydrogen-bond acceptors (Lipinski definition) is 5. The van der Waals surface area contributed by atoms with Crippen LogP contribution < -0.4 is 34.7 Å². The standard InChI is InChI=1S/C21H17NO3S.C6H12.Na/c1-3-12-8-9-16(23)18-14(21(24)25)10-15(22-19(12)18)20-11(2)13-6-4-5-7-17(13)26-20;1-2-4-6-5-3-1;/h4-10,23H,3H2,1-2H3,(H,24,25);1-6H2;/q;;+1/p-1. The van der Waals surface area contributed by atoms with E-state index in [-0.39, 0.29) is 46.3 Å². The van der Waals surface area contributed by atoms with Gasteiger partial charge in [0.2, 0.25) is 0 Å². The van der Waals surface area contributed by atoms with Gasteiger partial charge in [-0.3, -0.25) is 0 Å². The first-order valence-electron chi connectivity index (χ1n) is 11.4. The number of pyridine rings is 1. The van der Waals surface area contributed by atoms with Crippen LogP contribution >= 0.6 is 11.3 Å². The van der Waals surface area contributed by atoms with Crippen LogP contribution in [0.15, 0.2) is 42.5 Å². The van der Waals surface area contributed by atoms with Gasteiger partial charge in [0, 0.05) is 10.3 Å². The molecule has 1 N–H and O–H groups in total. The topological polar surface area (TPSA) is 73.2 Å². The maximum absolute atomic E-state index is 11.8. The van der Waals surface area contributed by atoms with Gasteiger partial charge in [0.25, 0.3) is 0 Å². The molecule has 4 aromatic rings. The molecule has 1 saturated carbocycles. The van der Waals surface area contributed by atoms with Crippen LogP contribution in [-0.2, 0) is 6.42 Å². The van der Waals surface area contributed by atoms with Gasteiger partial charge >= 0.3 is 29.6 Å². The molecule has 0 saturated heterocycles. The van der Waals surface area contributed by atoms with E-state index < -0.39 is 5.97 Å². The van der Waals surface area contributed by atoms with Crippen molar-refractivity contribution >= 4 is 38.3 Å². The molecule has 2 aromatic carbocycles. The third kappa shape index (κ3) is 5.43. The average Bonchev–Trinajstić information content (AvgIpc) is 3.17. The number of aromatic hydroxyl groups is 1. The Balaban J connectivity index is 0.000000382. The summed E-state index contributed by atoms with van der Waals surface area (Å²) in [5.41, 5.74) is 3.03. The number of phenolic OH excluding ortho intramolecular Hbond substituents is 1. The number of hydrogen-bond donors (Lipinski definition) is 1. The summed E-state index contributed by atoms with van der Waals surface area (Å²) in [7, 11) is 0. The van der Waals surface area contributed by atoms with Gasteiger partial charge in [-0.1, -0.05) is 69.7 Å². The van der Waals surface area contributed by atoms with E-state index in [0.29, 0.717) is 17.6 Å². The average molecular weight is 470 g/mol. The van der Waals surface area contributed by atoms with E-state index >= 15 is 0 Å². The molecule has 33 heavy (non-hydrogen) atoms. The molecule has 2 aromatic heterocycles. The van der Waals surface area contributed by atoms with Gasteiger partial charge in [0.1, 0.15) is 5.75 Å². The van der Waals surface area contributed by atoms with Crippen LogP contribution in [0, 0.1) is 6.92 Å². The summed E-state index contributed by atoms with van der Waals surface area (Å²) in [6.07, 6.45) is 9.69. The van der Waals surface area contributed by atoms with Gasteiger partial charge in [-0.15, -0.1) is 11.3 Å². The van der Waals surface area contributed by atoms with Crippen molar-refractivity contribution < 1.29 is 44.6 Å². The zero-order valence-corrected chi connectivity index (χ0v) is 22.4. The predicted octanol–water partition coefficient (Wildman–Crippen LogP) is 3.40. The second-order valence-electron chi connectivity index (χ2n) is 8.34. The fourth-order valence-electron chi connectivity index (χ4n) is 4.42. The van der Waals surface area contributed by atoms with Crippen LogP contribution in [0.5, 0.6) is 5.75 Å². The Morgan fingerprint density at radius 2 is 1.70 bits per heavy atom. The zero-order chi connectivity index (χ0) is 22.7. The molecule has 0 amide bonds. The summed E-state index contributed by atoms with van der Waals surface area (Å²) >= 11 is 1.59. The minimum absolute atomic E-state index is 0. The molecule has 166 valence electrons. The molecule has 5 rings (SSSR count). The molecule has 0 unspecified atom stereocenters. The van der Waals surface area contributed by atoms with Gasteiger partial charge in [0.15, 0.2) is 0 Å². The predicted molar refractivity (Wildman–Crippen MR) is 130 cm³/mol. The van der Waals surface area contributed by atoms with Crippen molar-refractivity contribution in [3.63, 3.8) is 0 Å². The van der Waals surface area contributed by atoms with Gasteiger partial charge in [0.05, 0.1) is 27.4 Å². The van der Waals surface area contributed by atoms with Crippen molar-refractivity contribution in [3.05, 3.63) is 59.2 Å². The zero-order valence-electron chi connectivity index (χ0n) is 19.6. The first-order chi connectivity index (χ1) is 15.5. The largest absolute Gasteiger partial charge is 1.00 e. The Hall–Kier alpha value is -1.92. The Bertz CT molecular complexity index is 1270. The molecule has 2 heterocycles. The number of carboxylic acids is 1. The van der Waals surface area contributed by atoms with Crippen molar-refractivity contribution in [2.75, 3.05) is 0 Å². The maximum atomic E-state index is 11.8. The summed E-state index contributed by atoms with van der Waals surface area (Å²) in [5, 5.41) is 23.4. The number of benzene rings is 2. The molecule has 4 nitrogen and oxygen atoms in total. The van der Waals surface area contributed by atoms with Crippen LogP contribution in [0.1, 0.15) is 66.9 Å². The number of carbonyl (C=O) groups is 1. The van der Waals surface area contributed by atoms with Crippen LogP contribution in [-0.4, -0.2) is 16.1 Å². The Kier molecular flexibility index (Phi) is 8.94. The molecule has 6 heteroatoms. The van der Waals surface area contributed by atoms with Crippen molar-refractivity contribution in [2.24, 2.45) is 0 Å². The van der Waals surface area contributed by atoms with Gasteiger partial charge in [-0.25, -0.2) is 4.98 Å². The van der Waals surface area contributed by atoms with Crippen molar-refractivity contribution in [1.29, 1.82) is 0 Å². The number of nitrogens with zero attached hydrogens (tertiary/aromatic N) is 1. The maximum Gasteiger partial charge on any atom is 1.00 e. The van der Waals surface area contributed by atoms with Crippen molar-refractivity contribution in [1.82, 2.24) is 4.98 Å². The van der Waals surface area contributed by atoms with E-state index in [2.05, 4.69) is 6.07 Å². The van der Waals surface area contributed by atoms with E-state index in [1.807, 2.05) is 32.0 Å². The molecular weight excluding hydrogens is 441 g/mol. The Labute approximate surface area is 221 Å². The Morgan fingerprint density at radius 3 is 2.27 bits per heavy atom. The number of fused-ring (bicyclic) bond motifs is 2. The second-order valence-corrected chi connectivity index (χ2v) is 9.39. The summed E-state index contributed by atoms with van der Waals surface area (Å²) in [4.78, 5) is 17.4. The van der Waals surface area contributed by atoms with Crippen LogP contribution in [0.3, 0.4) is 0 Å². The van der Waals surface area contributed by atoms with Crippen LogP contribution in [0.4, 0.5) is 0 Å². The SMILES string of the molecule is C1CCCCC1.CCc1ccc(O)c2c(C(=O)[O-])cc(-c3sc4ccccc4c3C)nc12.[Na+]. The fourth-order valence-corrected chi connectivity index (χ4v) is 5.59. The van der Waals surface area contributed by atoms with Gasteiger partial charge in [-0.2, -0.15) is 0 Å². The molecule has 0 radical (unpaired) electrons. The number of thiophene rings is 1. The van der Waals surface area contributed by atoms with E-state index in [1.54, 1.807) is 17.4 Å². The third-order valence-electron chi connectivity index (χ3n) is 6.20. The van der Waals surface area contributed by atoms with E-state index in [0.717, 1.165) is 26.1 Å². The van der Waals surface area contributed by atoms with E-state index in [9.17, 15) is 15.0 Å².